The molecule has 0 aliphatic carbocycles. The number of hydrogen-bond donors (Lipinski definition) is 1. The second-order valence-corrected chi connectivity index (χ2v) is 6.54. The van der Waals surface area contributed by atoms with Crippen LogP contribution in [0.3, 0.4) is 0 Å². The van der Waals surface area contributed by atoms with Crippen LogP contribution < -0.4 is 10.1 Å². The highest BCUT2D eigenvalue weighted by atomic mass is 16.5. The van der Waals surface area contributed by atoms with Crippen molar-refractivity contribution in [2.75, 3.05) is 12.4 Å². The second-order valence-electron chi connectivity index (χ2n) is 6.54. The highest BCUT2D eigenvalue weighted by Gasteiger charge is 2.20. The molecule has 0 unspecified atom stereocenters. The Balaban J connectivity index is 1.94. The molecule has 0 aromatic heterocycles. The van der Waals surface area contributed by atoms with Crippen LogP contribution in [0.1, 0.15) is 44.2 Å². The third-order valence-corrected chi connectivity index (χ3v) is 4.55. The van der Waals surface area contributed by atoms with Crippen molar-refractivity contribution in [2.45, 2.75) is 45.6 Å². The Hall–Kier alpha value is -2.82. The molecule has 2 aromatic carbocycles. The molecule has 27 heavy (non-hydrogen) atoms. The summed E-state index contributed by atoms with van der Waals surface area (Å²) < 4.78 is 10.4. The molecule has 144 valence electrons. The van der Waals surface area contributed by atoms with Crippen molar-refractivity contribution in [2.24, 2.45) is 0 Å². The van der Waals surface area contributed by atoms with Crippen molar-refractivity contribution in [3.05, 3.63) is 59.7 Å². The number of anilines is 1. The molecule has 0 fully saturated rings. The quantitative estimate of drug-likeness (QED) is 0.704. The minimum atomic E-state index is -0.874. The van der Waals surface area contributed by atoms with Crippen LogP contribution in [0.2, 0.25) is 0 Å². The van der Waals surface area contributed by atoms with E-state index in [0.717, 1.165) is 29.0 Å². The van der Waals surface area contributed by atoms with Crippen LogP contribution in [-0.4, -0.2) is 25.1 Å². The summed E-state index contributed by atoms with van der Waals surface area (Å²) in [5.41, 5.74) is 2.63. The van der Waals surface area contributed by atoms with Gasteiger partial charge in [-0.25, -0.2) is 0 Å². The Bertz CT molecular complexity index is 770. The predicted octanol–water partition coefficient (Wildman–Crippen LogP) is 4.32. The van der Waals surface area contributed by atoms with E-state index in [0.29, 0.717) is 5.92 Å². The molecule has 2 rings (SSSR count). The van der Waals surface area contributed by atoms with E-state index in [1.54, 1.807) is 38.3 Å². The molecular weight excluding hydrogens is 342 g/mol. The van der Waals surface area contributed by atoms with Gasteiger partial charge in [0, 0.05) is 5.69 Å². The van der Waals surface area contributed by atoms with Crippen LogP contribution >= 0.6 is 0 Å². The number of carbonyl (C=O) groups excluding carboxylic acids is 2. The molecule has 2 aromatic rings. The average molecular weight is 369 g/mol. The van der Waals surface area contributed by atoms with Gasteiger partial charge < -0.3 is 14.8 Å². The Morgan fingerprint density at radius 2 is 1.70 bits per heavy atom. The van der Waals surface area contributed by atoms with Gasteiger partial charge in [0.1, 0.15) is 5.75 Å². The standard InChI is InChI=1S/C22H27NO4/c1-5-15(2)19-8-6-7-9-20(19)23-22(25)16(3)27-21(24)14-17-10-12-18(26-4)13-11-17/h6-13,15-16H,5,14H2,1-4H3,(H,23,25)/t15-,16-/m0/s1. The van der Waals surface area contributed by atoms with Gasteiger partial charge >= 0.3 is 5.97 Å². The maximum absolute atomic E-state index is 12.4. The van der Waals surface area contributed by atoms with Gasteiger partial charge in [-0.2, -0.15) is 0 Å². The topological polar surface area (TPSA) is 64.6 Å². The number of hydrogen-bond acceptors (Lipinski definition) is 4. The normalized spacial score (nSPS) is 12.7. The summed E-state index contributed by atoms with van der Waals surface area (Å²) in [6.07, 6.45) is 0.199. The summed E-state index contributed by atoms with van der Waals surface area (Å²) >= 11 is 0. The van der Waals surface area contributed by atoms with Gasteiger partial charge in [-0.3, -0.25) is 9.59 Å². The molecule has 0 radical (unpaired) electrons. The number of amides is 1. The molecule has 0 heterocycles. The number of para-hydroxylation sites is 1. The maximum atomic E-state index is 12.4. The molecule has 0 saturated heterocycles. The maximum Gasteiger partial charge on any atom is 0.311 e. The van der Waals surface area contributed by atoms with E-state index in [1.165, 1.54) is 0 Å². The number of nitrogens with one attached hydrogen (secondary N) is 1. The number of esters is 1. The lowest BCUT2D eigenvalue weighted by atomic mass is 9.97. The highest BCUT2D eigenvalue weighted by Crippen LogP contribution is 2.26. The van der Waals surface area contributed by atoms with Crippen LogP contribution in [-0.2, 0) is 20.7 Å². The monoisotopic (exact) mass is 369 g/mol. The average Bonchev–Trinajstić information content (AvgIpc) is 2.68. The van der Waals surface area contributed by atoms with Crippen molar-refractivity contribution < 1.29 is 19.1 Å². The van der Waals surface area contributed by atoms with E-state index in [4.69, 9.17) is 9.47 Å². The minimum absolute atomic E-state index is 0.102. The summed E-state index contributed by atoms with van der Waals surface area (Å²) in [6, 6.07) is 14.9. The zero-order chi connectivity index (χ0) is 19.8. The van der Waals surface area contributed by atoms with E-state index < -0.39 is 12.1 Å². The molecule has 0 aliphatic rings. The second kappa shape index (κ2) is 9.76. The lowest BCUT2D eigenvalue weighted by molar-refractivity contribution is -0.152. The third-order valence-electron chi connectivity index (χ3n) is 4.55. The van der Waals surface area contributed by atoms with Crippen LogP contribution in [0, 0.1) is 0 Å². The van der Waals surface area contributed by atoms with Crippen LogP contribution in [0.25, 0.3) is 0 Å². The number of methoxy groups -OCH3 is 1. The first-order valence-corrected chi connectivity index (χ1v) is 9.16. The third kappa shape index (κ3) is 5.84. The van der Waals surface area contributed by atoms with Crippen molar-refractivity contribution >= 4 is 17.6 Å². The lowest BCUT2D eigenvalue weighted by Gasteiger charge is -2.18. The molecule has 1 amide bonds. The Kier molecular flexibility index (Phi) is 7.41. The van der Waals surface area contributed by atoms with Gasteiger partial charge in [0.05, 0.1) is 13.5 Å². The fourth-order valence-electron chi connectivity index (χ4n) is 2.70. The number of ether oxygens (including phenoxy) is 2. The Morgan fingerprint density at radius 3 is 2.33 bits per heavy atom. The summed E-state index contributed by atoms with van der Waals surface area (Å²) in [4.78, 5) is 24.6. The fraction of sp³-hybridized carbons (Fsp3) is 0.364. The smallest absolute Gasteiger partial charge is 0.311 e. The lowest BCUT2D eigenvalue weighted by Crippen LogP contribution is -2.30. The molecular formula is C22H27NO4. The van der Waals surface area contributed by atoms with Gasteiger partial charge in [0.2, 0.25) is 0 Å². The summed E-state index contributed by atoms with van der Waals surface area (Å²) in [7, 11) is 1.59. The van der Waals surface area contributed by atoms with Crippen molar-refractivity contribution in [3.8, 4) is 5.75 Å². The van der Waals surface area contributed by atoms with Crippen molar-refractivity contribution in [1.29, 1.82) is 0 Å². The summed E-state index contributed by atoms with van der Waals surface area (Å²) in [5.74, 6) is 0.265. The molecule has 2 atom stereocenters. The highest BCUT2D eigenvalue weighted by molar-refractivity contribution is 5.95. The van der Waals surface area contributed by atoms with Gasteiger partial charge in [-0.15, -0.1) is 0 Å². The van der Waals surface area contributed by atoms with Crippen molar-refractivity contribution in [3.63, 3.8) is 0 Å². The van der Waals surface area contributed by atoms with Gasteiger partial charge in [-0.1, -0.05) is 44.2 Å². The fourth-order valence-corrected chi connectivity index (χ4v) is 2.70. The number of benzene rings is 2. The summed E-state index contributed by atoms with van der Waals surface area (Å²) in [6.45, 7) is 5.79. The van der Waals surface area contributed by atoms with Gasteiger partial charge in [0.25, 0.3) is 5.91 Å². The van der Waals surface area contributed by atoms with E-state index >= 15 is 0 Å². The molecule has 5 nitrogen and oxygen atoms in total. The molecule has 1 N–H and O–H groups in total. The van der Waals surface area contributed by atoms with Crippen LogP contribution in [0.5, 0.6) is 5.75 Å². The molecule has 0 bridgehead atoms. The zero-order valence-corrected chi connectivity index (χ0v) is 16.3. The van der Waals surface area contributed by atoms with Crippen LogP contribution in [0.4, 0.5) is 5.69 Å². The van der Waals surface area contributed by atoms with Gasteiger partial charge in [0.15, 0.2) is 6.10 Å². The molecule has 0 saturated carbocycles. The first-order chi connectivity index (χ1) is 12.9. The molecule has 5 heteroatoms. The van der Waals surface area contributed by atoms with E-state index in [9.17, 15) is 9.59 Å². The van der Waals surface area contributed by atoms with E-state index in [2.05, 4.69) is 19.2 Å². The molecule has 0 aliphatic heterocycles. The summed E-state index contributed by atoms with van der Waals surface area (Å²) in [5, 5.41) is 2.88. The number of carbonyl (C=O) groups is 2. The minimum Gasteiger partial charge on any atom is -0.497 e. The Morgan fingerprint density at radius 1 is 1.04 bits per heavy atom. The SMILES string of the molecule is CC[C@H](C)c1ccccc1NC(=O)[C@H](C)OC(=O)Cc1ccc(OC)cc1. The largest absolute Gasteiger partial charge is 0.497 e. The first kappa shape index (κ1) is 20.5. The van der Waals surface area contributed by atoms with E-state index in [1.807, 2.05) is 24.3 Å². The van der Waals surface area contributed by atoms with Gasteiger partial charge in [-0.05, 0) is 48.6 Å². The predicted molar refractivity (Wildman–Crippen MR) is 106 cm³/mol. The molecule has 0 spiro atoms. The van der Waals surface area contributed by atoms with E-state index in [-0.39, 0.29) is 12.3 Å². The zero-order valence-electron chi connectivity index (χ0n) is 16.3. The number of rotatable bonds is 8. The Labute approximate surface area is 160 Å². The first-order valence-electron chi connectivity index (χ1n) is 9.16. The van der Waals surface area contributed by atoms with Crippen LogP contribution in [0.15, 0.2) is 48.5 Å². The van der Waals surface area contributed by atoms with Crippen molar-refractivity contribution in [1.82, 2.24) is 0 Å².